The van der Waals surface area contributed by atoms with E-state index in [9.17, 15) is 9.59 Å². The first-order chi connectivity index (χ1) is 7.99. The van der Waals surface area contributed by atoms with Crippen LogP contribution >= 0.6 is 11.6 Å². The molecule has 0 aliphatic heterocycles. The first-order valence-corrected chi connectivity index (χ1v) is 5.29. The summed E-state index contributed by atoms with van der Waals surface area (Å²) in [7, 11) is 3.09. The van der Waals surface area contributed by atoms with Crippen molar-refractivity contribution < 1.29 is 5.11 Å². The second-order valence-electron chi connectivity index (χ2n) is 3.63. The number of nitrogens with zero attached hydrogens (tertiary/aromatic N) is 4. The third-order valence-electron chi connectivity index (χ3n) is 2.63. The number of imidazole rings is 1. The fraction of sp³-hybridized carbons (Fsp3) is 0.444. The Hall–Kier alpha value is -1.60. The Morgan fingerprint density at radius 3 is 2.53 bits per heavy atom. The van der Waals surface area contributed by atoms with Crippen LogP contribution in [-0.2, 0) is 20.6 Å². The highest BCUT2D eigenvalue weighted by atomic mass is 35.5. The second kappa shape index (κ2) is 4.01. The average Bonchev–Trinajstić information content (AvgIpc) is 2.59. The molecule has 2 heterocycles. The normalized spacial score (nSPS) is 11.3. The molecule has 2 aromatic heterocycles. The number of fused-ring (bicyclic) bond motifs is 1. The van der Waals surface area contributed by atoms with Gasteiger partial charge < -0.3 is 9.67 Å². The molecule has 92 valence electrons. The van der Waals surface area contributed by atoms with Crippen LogP contribution in [0, 0.1) is 0 Å². The summed E-state index contributed by atoms with van der Waals surface area (Å²) in [6, 6.07) is 0. The Bertz CT molecular complexity index is 697. The van der Waals surface area contributed by atoms with Crippen molar-refractivity contribution in [2.75, 3.05) is 6.61 Å². The van der Waals surface area contributed by atoms with E-state index < -0.39 is 11.2 Å². The highest BCUT2D eigenvalue weighted by Crippen LogP contribution is 2.12. The van der Waals surface area contributed by atoms with E-state index in [4.69, 9.17) is 16.7 Å². The first kappa shape index (κ1) is 11.9. The van der Waals surface area contributed by atoms with Gasteiger partial charge in [0.25, 0.3) is 5.56 Å². The molecule has 0 aliphatic carbocycles. The number of aliphatic hydroxyl groups excluding tert-OH is 1. The maximum absolute atomic E-state index is 12.0. The fourth-order valence-corrected chi connectivity index (χ4v) is 1.88. The molecule has 0 radical (unpaired) electrons. The summed E-state index contributed by atoms with van der Waals surface area (Å²) in [6.45, 7) is -0.337. The maximum atomic E-state index is 12.0. The molecule has 2 rings (SSSR count). The lowest BCUT2D eigenvalue weighted by atomic mass is 10.5. The molecule has 7 nitrogen and oxygen atoms in total. The van der Waals surface area contributed by atoms with Crippen molar-refractivity contribution in [3.63, 3.8) is 0 Å². The van der Waals surface area contributed by atoms with E-state index in [1.165, 1.54) is 16.2 Å². The number of hydrogen-bond acceptors (Lipinski definition) is 4. The highest BCUT2D eigenvalue weighted by molar-refractivity contribution is 6.29. The lowest BCUT2D eigenvalue weighted by Crippen LogP contribution is -2.40. The second-order valence-corrected chi connectivity index (χ2v) is 3.97. The molecule has 0 saturated carbocycles. The number of rotatable bonds is 2. The summed E-state index contributed by atoms with van der Waals surface area (Å²) in [4.78, 5) is 27.8. The van der Waals surface area contributed by atoms with Crippen LogP contribution in [0.25, 0.3) is 11.2 Å². The highest BCUT2D eigenvalue weighted by Gasteiger charge is 2.16. The van der Waals surface area contributed by atoms with Crippen molar-refractivity contribution in [2.24, 2.45) is 14.1 Å². The molecule has 1 N–H and O–H groups in total. The largest absolute Gasteiger partial charge is 0.395 e. The molecule has 0 aromatic carbocycles. The van der Waals surface area contributed by atoms with Crippen LogP contribution in [-0.4, -0.2) is 30.4 Å². The van der Waals surface area contributed by atoms with E-state index in [0.29, 0.717) is 0 Å². The fourth-order valence-electron chi connectivity index (χ4n) is 1.71. The Balaban J connectivity index is 3.01. The molecule has 0 amide bonds. The van der Waals surface area contributed by atoms with Gasteiger partial charge in [0, 0.05) is 14.1 Å². The van der Waals surface area contributed by atoms with Crippen LogP contribution < -0.4 is 11.2 Å². The summed E-state index contributed by atoms with van der Waals surface area (Å²) in [5, 5.41) is 8.98. The maximum Gasteiger partial charge on any atom is 0.332 e. The molecule has 0 fully saturated rings. The van der Waals surface area contributed by atoms with E-state index in [1.54, 1.807) is 7.05 Å². The van der Waals surface area contributed by atoms with E-state index in [2.05, 4.69) is 4.98 Å². The molecule has 0 bridgehead atoms. The number of aliphatic hydroxyl groups is 1. The summed E-state index contributed by atoms with van der Waals surface area (Å²) < 4.78 is 3.60. The zero-order valence-corrected chi connectivity index (χ0v) is 10.1. The quantitative estimate of drug-likeness (QED) is 0.707. The van der Waals surface area contributed by atoms with Crippen molar-refractivity contribution in [2.45, 2.75) is 6.54 Å². The van der Waals surface area contributed by atoms with E-state index in [0.717, 1.165) is 4.57 Å². The van der Waals surface area contributed by atoms with Gasteiger partial charge in [-0.2, -0.15) is 4.98 Å². The van der Waals surface area contributed by atoms with Crippen LogP contribution in [0.15, 0.2) is 9.59 Å². The minimum Gasteiger partial charge on any atom is -0.395 e. The molecule has 0 spiro atoms. The summed E-state index contributed by atoms with van der Waals surface area (Å²) >= 11 is 5.82. The molecule has 0 atom stereocenters. The van der Waals surface area contributed by atoms with Crippen LogP contribution in [0.5, 0.6) is 0 Å². The van der Waals surface area contributed by atoms with Gasteiger partial charge in [0.2, 0.25) is 5.28 Å². The van der Waals surface area contributed by atoms with E-state index in [1.807, 2.05) is 0 Å². The third-order valence-corrected chi connectivity index (χ3v) is 2.97. The summed E-state index contributed by atoms with van der Waals surface area (Å²) in [5.74, 6) is 0. The van der Waals surface area contributed by atoms with Gasteiger partial charge in [-0.3, -0.25) is 13.9 Å². The van der Waals surface area contributed by atoms with E-state index >= 15 is 0 Å². The molecule has 0 saturated heterocycles. The predicted molar refractivity (Wildman–Crippen MR) is 62.3 cm³/mol. The zero-order valence-electron chi connectivity index (χ0n) is 9.34. The topological polar surface area (TPSA) is 82.1 Å². The molecular weight excluding hydrogens is 248 g/mol. The Labute approximate surface area is 100 Å². The molecule has 2 aromatic rings. The molecule has 8 heteroatoms. The van der Waals surface area contributed by atoms with Crippen molar-refractivity contribution in [3.8, 4) is 0 Å². The molecule has 0 aliphatic rings. The van der Waals surface area contributed by atoms with E-state index in [-0.39, 0.29) is 29.6 Å². The van der Waals surface area contributed by atoms with Crippen molar-refractivity contribution in [3.05, 3.63) is 26.1 Å². The monoisotopic (exact) mass is 258 g/mol. The number of hydrogen-bond donors (Lipinski definition) is 1. The van der Waals surface area contributed by atoms with Gasteiger partial charge in [-0.25, -0.2) is 4.79 Å². The van der Waals surface area contributed by atoms with Crippen LogP contribution in [0.1, 0.15) is 0 Å². The molecular formula is C9H11ClN4O3. The van der Waals surface area contributed by atoms with Gasteiger partial charge in [-0.1, -0.05) is 0 Å². The van der Waals surface area contributed by atoms with Crippen molar-refractivity contribution in [1.29, 1.82) is 0 Å². The van der Waals surface area contributed by atoms with Gasteiger partial charge in [0.1, 0.15) is 0 Å². The Morgan fingerprint density at radius 1 is 1.29 bits per heavy atom. The summed E-state index contributed by atoms with van der Waals surface area (Å²) in [6.07, 6.45) is 0. The number of aromatic nitrogens is 4. The number of halogens is 1. The molecule has 17 heavy (non-hydrogen) atoms. The Kier molecular flexibility index (Phi) is 2.80. The number of aryl methyl sites for hydroxylation is 2. The Morgan fingerprint density at radius 2 is 1.94 bits per heavy atom. The minimum absolute atomic E-state index is 0.0513. The van der Waals surface area contributed by atoms with Gasteiger partial charge in [0.05, 0.1) is 13.2 Å². The standard InChI is InChI=1S/C9H11ClN4O3/c1-12-5-6(11-8(12)10)13(2)9(17)14(3-4-15)7(5)16/h15H,3-4H2,1-2H3. The van der Waals surface area contributed by atoms with Crippen LogP contribution in [0.3, 0.4) is 0 Å². The smallest absolute Gasteiger partial charge is 0.332 e. The lowest BCUT2D eigenvalue weighted by molar-refractivity contribution is 0.271. The molecule has 0 unspecified atom stereocenters. The third kappa shape index (κ3) is 1.58. The summed E-state index contributed by atoms with van der Waals surface area (Å²) in [5.41, 5.74) is -0.544. The van der Waals surface area contributed by atoms with Gasteiger partial charge in [0.15, 0.2) is 11.2 Å². The lowest BCUT2D eigenvalue weighted by Gasteiger charge is -2.06. The first-order valence-electron chi connectivity index (χ1n) is 4.91. The van der Waals surface area contributed by atoms with Gasteiger partial charge in [-0.15, -0.1) is 0 Å². The van der Waals surface area contributed by atoms with Gasteiger partial charge >= 0.3 is 5.69 Å². The average molecular weight is 259 g/mol. The minimum atomic E-state index is -0.522. The van der Waals surface area contributed by atoms with Crippen LogP contribution in [0.2, 0.25) is 5.28 Å². The van der Waals surface area contributed by atoms with Gasteiger partial charge in [-0.05, 0) is 11.6 Å². The zero-order chi connectivity index (χ0) is 12.7. The van der Waals surface area contributed by atoms with Crippen LogP contribution in [0.4, 0.5) is 0 Å². The van der Waals surface area contributed by atoms with Crippen molar-refractivity contribution in [1.82, 2.24) is 18.7 Å². The van der Waals surface area contributed by atoms with Crippen molar-refractivity contribution >= 4 is 22.8 Å². The predicted octanol–water partition coefficient (Wildman–Crippen LogP) is -0.921. The SMILES string of the molecule is Cn1c(Cl)nc2c1c(=O)n(CCO)c(=O)n2C.